The van der Waals surface area contributed by atoms with Crippen molar-refractivity contribution < 1.29 is 9.18 Å². The minimum Gasteiger partial charge on any atom is -0.318 e. The standard InChI is InChI=1S/C18H15ClFN3O/c1-2-15-17(21-18(24)13-8-3-4-9-14(13)19)16(23-22-15)11-6-5-7-12(20)10-11/h3-10H,2H2,1H3,(H,21,24)(H,22,23). The average Bonchev–Trinajstić information content (AvgIpc) is 2.97. The minimum atomic E-state index is -0.364. The van der Waals surface area contributed by atoms with E-state index in [1.165, 1.54) is 12.1 Å². The van der Waals surface area contributed by atoms with Gasteiger partial charge >= 0.3 is 0 Å². The van der Waals surface area contributed by atoms with Crippen molar-refractivity contribution >= 4 is 23.2 Å². The second-order valence-electron chi connectivity index (χ2n) is 5.22. The number of nitrogens with zero attached hydrogens (tertiary/aromatic N) is 1. The van der Waals surface area contributed by atoms with E-state index in [0.29, 0.717) is 34.0 Å². The molecule has 24 heavy (non-hydrogen) atoms. The van der Waals surface area contributed by atoms with Crippen molar-refractivity contribution in [3.05, 3.63) is 70.6 Å². The van der Waals surface area contributed by atoms with Crippen molar-refractivity contribution in [2.24, 2.45) is 0 Å². The van der Waals surface area contributed by atoms with Gasteiger partial charge in [-0.25, -0.2) is 4.39 Å². The first kappa shape index (κ1) is 16.2. The lowest BCUT2D eigenvalue weighted by Crippen LogP contribution is -2.13. The molecule has 0 radical (unpaired) electrons. The van der Waals surface area contributed by atoms with E-state index in [1.807, 2.05) is 6.92 Å². The first-order chi connectivity index (χ1) is 11.6. The number of aryl methyl sites for hydroxylation is 1. The Bertz CT molecular complexity index is 891. The fraction of sp³-hybridized carbons (Fsp3) is 0.111. The van der Waals surface area contributed by atoms with Gasteiger partial charge < -0.3 is 5.32 Å². The molecule has 0 atom stereocenters. The first-order valence-electron chi connectivity index (χ1n) is 7.49. The fourth-order valence-electron chi connectivity index (χ4n) is 2.44. The molecule has 0 fully saturated rings. The maximum atomic E-state index is 13.5. The van der Waals surface area contributed by atoms with Crippen LogP contribution in [0, 0.1) is 5.82 Å². The van der Waals surface area contributed by atoms with Gasteiger partial charge in [0.05, 0.1) is 22.0 Å². The third kappa shape index (κ3) is 3.16. The number of rotatable bonds is 4. The largest absolute Gasteiger partial charge is 0.318 e. The van der Waals surface area contributed by atoms with E-state index in [-0.39, 0.29) is 11.7 Å². The summed E-state index contributed by atoms with van der Waals surface area (Å²) in [4.78, 5) is 12.5. The molecule has 0 spiro atoms. The third-order valence-electron chi connectivity index (χ3n) is 3.65. The molecule has 2 N–H and O–H groups in total. The third-order valence-corrected chi connectivity index (χ3v) is 3.98. The number of hydrogen-bond acceptors (Lipinski definition) is 2. The van der Waals surface area contributed by atoms with Crippen LogP contribution in [0.25, 0.3) is 11.3 Å². The molecule has 3 aromatic rings. The number of amides is 1. The van der Waals surface area contributed by atoms with Crippen LogP contribution in [0.5, 0.6) is 0 Å². The Labute approximate surface area is 143 Å². The lowest BCUT2D eigenvalue weighted by Gasteiger charge is -2.09. The molecule has 6 heteroatoms. The number of nitrogens with one attached hydrogen (secondary N) is 2. The highest BCUT2D eigenvalue weighted by atomic mass is 35.5. The quantitative estimate of drug-likeness (QED) is 0.722. The maximum absolute atomic E-state index is 13.5. The molecule has 0 saturated heterocycles. The summed E-state index contributed by atoms with van der Waals surface area (Å²) < 4.78 is 13.5. The van der Waals surface area contributed by atoms with Crippen molar-refractivity contribution in [2.45, 2.75) is 13.3 Å². The van der Waals surface area contributed by atoms with E-state index in [1.54, 1.807) is 36.4 Å². The van der Waals surface area contributed by atoms with Crippen LogP contribution < -0.4 is 5.32 Å². The zero-order chi connectivity index (χ0) is 17.1. The van der Waals surface area contributed by atoms with Gasteiger partial charge in [0, 0.05) is 5.56 Å². The molecule has 2 aromatic carbocycles. The van der Waals surface area contributed by atoms with Gasteiger partial charge in [0.15, 0.2) is 0 Å². The molecular weight excluding hydrogens is 329 g/mol. The molecule has 4 nitrogen and oxygen atoms in total. The van der Waals surface area contributed by atoms with E-state index >= 15 is 0 Å². The Kier molecular flexibility index (Phi) is 4.62. The first-order valence-corrected chi connectivity index (χ1v) is 7.87. The summed E-state index contributed by atoms with van der Waals surface area (Å²) in [6, 6.07) is 12.9. The SMILES string of the molecule is CCc1[nH]nc(-c2cccc(F)c2)c1NC(=O)c1ccccc1Cl. The van der Waals surface area contributed by atoms with Gasteiger partial charge in [-0.1, -0.05) is 42.8 Å². The van der Waals surface area contributed by atoms with Crippen LogP contribution in [0.3, 0.4) is 0 Å². The molecule has 0 unspecified atom stereocenters. The van der Waals surface area contributed by atoms with Gasteiger partial charge in [0.25, 0.3) is 5.91 Å². The molecule has 0 saturated carbocycles. The van der Waals surface area contributed by atoms with E-state index in [9.17, 15) is 9.18 Å². The monoisotopic (exact) mass is 343 g/mol. The van der Waals surface area contributed by atoms with Crippen LogP contribution in [-0.4, -0.2) is 16.1 Å². The summed E-state index contributed by atoms with van der Waals surface area (Å²) in [6.07, 6.45) is 0.639. The minimum absolute atomic E-state index is 0.339. The van der Waals surface area contributed by atoms with Crippen LogP contribution in [0.4, 0.5) is 10.1 Å². The van der Waals surface area contributed by atoms with Crippen molar-refractivity contribution in [1.29, 1.82) is 0 Å². The zero-order valence-corrected chi connectivity index (χ0v) is 13.7. The zero-order valence-electron chi connectivity index (χ0n) is 12.9. The summed E-state index contributed by atoms with van der Waals surface area (Å²) in [5.41, 5.74) is 2.74. The Hall–Kier alpha value is -2.66. The second kappa shape index (κ2) is 6.84. The molecule has 0 aliphatic carbocycles. The predicted molar refractivity (Wildman–Crippen MR) is 92.8 cm³/mol. The van der Waals surface area contributed by atoms with Gasteiger partial charge in [-0.15, -0.1) is 0 Å². The molecule has 1 heterocycles. The predicted octanol–water partition coefficient (Wildman–Crippen LogP) is 4.68. The normalized spacial score (nSPS) is 10.6. The number of aromatic amines is 1. The summed E-state index contributed by atoms with van der Waals surface area (Å²) in [7, 11) is 0. The van der Waals surface area contributed by atoms with Crippen molar-refractivity contribution in [2.75, 3.05) is 5.32 Å². The lowest BCUT2D eigenvalue weighted by atomic mass is 10.1. The molecule has 1 aromatic heterocycles. The number of H-pyrrole nitrogens is 1. The molecule has 0 bridgehead atoms. The number of carbonyl (C=O) groups is 1. The number of halogens is 2. The number of anilines is 1. The van der Waals surface area contributed by atoms with Gasteiger partial charge in [0.1, 0.15) is 11.5 Å². The molecule has 0 aliphatic rings. The van der Waals surface area contributed by atoms with Gasteiger partial charge in [-0.2, -0.15) is 5.10 Å². The van der Waals surface area contributed by atoms with Crippen LogP contribution in [0.2, 0.25) is 5.02 Å². The molecule has 3 rings (SSSR count). The van der Waals surface area contributed by atoms with E-state index in [4.69, 9.17) is 11.6 Å². The number of aromatic nitrogens is 2. The summed E-state index contributed by atoms with van der Waals surface area (Å²) in [5.74, 6) is -0.703. The maximum Gasteiger partial charge on any atom is 0.257 e. The Morgan fingerprint density at radius 2 is 2.04 bits per heavy atom. The number of carbonyl (C=O) groups excluding carboxylic acids is 1. The Balaban J connectivity index is 2.00. The van der Waals surface area contributed by atoms with Crippen LogP contribution in [0.15, 0.2) is 48.5 Å². The topological polar surface area (TPSA) is 57.8 Å². The highest BCUT2D eigenvalue weighted by Gasteiger charge is 2.18. The number of benzene rings is 2. The van der Waals surface area contributed by atoms with Crippen LogP contribution in [-0.2, 0) is 6.42 Å². The highest BCUT2D eigenvalue weighted by molar-refractivity contribution is 6.34. The van der Waals surface area contributed by atoms with Crippen molar-refractivity contribution in [3.8, 4) is 11.3 Å². The summed E-state index contributed by atoms with van der Waals surface area (Å²) >= 11 is 6.08. The van der Waals surface area contributed by atoms with E-state index in [2.05, 4.69) is 15.5 Å². The highest BCUT2D eigenvalue weighted by Crippen LogP contribution is 2.30. The van der Waals surface area contributed by atoms with Gasteiger partial charge in [-0.3, -0.25) is 9.89 Å². The van der Waals surface area contributed by atoms with Gasteiger partial charge in [-0.05, 0) is 30.7 Å². The fourth-order valence-corrected chi connectivity index (χ4v) is 2.66. The van der Waals surface area contributed by atoms with E-state index in [0.717, 1.165) is 5.69 Å². The lowest BCUT2D eigenvalue weighted by molar-refractivity contribution is 0.102. The molecule has 0 aliphatic heterocycles. The number of hydrogen-bond donors (Lipinski definition) is 2. The smallest absolute Gasteiger partial charge is 0.257 e. The van der Waals surface area contributed by atoms with Crippen LogP contribution in [0.1, 0.15) is 23.0 Å². The van der Waals surface area contributed by atoms with Crippen molar-refractivity contribution in [3.63, 3.8) is 0 Å². The summed E-state index contributed by atoms with van der Waals surface area (Å²) in [5, 5.41) is 10.3. The van der Waals surface area contributed by atoms with Crippen LogP contribution >= 0.6 is 11.6 Å². The second-order valence-corrected chi connectivity index (χ2v) is 5.63. The molecule has 1 amide bonds. The van der Waals surface area contributed by atoms with E-state index < -0.39 is 0 Å². The Morgan fingerprint density at radius 1 is 1.25 bits per heavy atom. The molecule has 122 valence electrons. The average molecular weight is 344 g/mol. The Morgan fingerprint density at radius 3 is 2.75 bits per heavy atom. The van der Waals surface area contributed by atoms with Gasteiger partial charge in [0.2, 0.25) is 0 Å². The van der Waals surface area contributed by atoms with Crippen molar-refractivity contribution in [1.82, 2.24) is 10.2 Å². The molecular formula is C18H15ClFN3O. The summed E-state index contributed by atoms with van der Waals surface area (Å²) in [6.45, 7) is 1.94.